The van der Waals surface area contributed by atoms with Crippen molar-refractivity contribution in [2.45, 2.75) is 0 Å². The van der Waals surface area contributed by atoms with Crippen LogP contribution in [0.4, 0.5) is 4.39 Å². The molecule has 0 aliphatic heterocycles. The van der Waals surface area contributed by atoms with Gasteiger partial charge in [-0.05, 0) is 36.4 Å². The Morgan fingerprint density at radius 3 is 2.82 bits per heavy atom. The minimum absolute atomic E-state index is 0.226. The standard InChI is InChI=1S/C14H8FN5O2/c15-9-5-3-8(4-6-9)11-16-13(22-19-11)10-2-1-7-20-12(10)17-18-14(20)21/h1-7H,(H,18,21). The lowest BCUT2D eigenvalue weighted by molar-refractivity contribution is 0.432. The van der Waals surface area contributed by atoms with Crippen molar-refractivity contribution in [2.75, 3.05) is 0 Å². The molecule has 0 amide bonds. The Hall–Kier alpha value is -3.29. The predicted octanol–water partition coefficient (Wildman–Crippen LogP) is 1.88. The molecule has 8 heteroatoms. The molecule has 4 aromatic rings. The molecule has 0 aliphatic rings. The second-order valence-corrected chi connectivity index (χ2v) is 4.57. The first-order chi connectivity index (χ1) is 10.7. The van der Waals surface area contributed by atoms with E-state index in [0.717, 1.165) is 0 Å². The number of halogens is 1. The van der Waals surface area contributed by atoms with Gasteiger partial charge in [0.05, 0.1) is 5.56 Å². The summed E-state index contributed by atoms with van der Waals surface area (Å²) in [6.45, 7) is 0. The van der Waals surface area contributed by atoms with Crippen LogP contribution in [0.2, 0.25) is 0 Å². The van der Waals surface area contributed by atoms with E-state index in [-0.39, 0.29) is 17.4 Å². The molecule has 7 nitrogen and oxygen atoms in total. The molecule has 0 bridgehead atoms. The van der Waals surface area contributed by atoms with E-state index in [2.05, 4.69) is 20.3 Å². The molecule has 0 fully saturated rings. The van der Waals surface area contributed by atoms with E-state index in [1.165, 1.54) is 16.5 Å². The molecule has 0 spiro atoms. The molecule has 0 unspecified atom stereocenters. The van der Waals surface area contributed by atoms with Gasteiger partial charge in [0.1, 0.15) is 5.82 Å². The number of H-pyrrole nitrogens is 1. The fraction of sp³-hybridized carbons (Fsp3) is 0. The van der Waals surface area contributed by atoms with E-state index < -0.39 is 0 Å². The molecule has 22 heavy (non-hydrogen) atoms. The summed E-state index contributed by atoms with van der Waals surface area (Å²) in [6, 6.07) is 9.16. The van der Waals surface area contributed by atoms with Gasteiger partial charge in [-0.15, -0.1) is 0 Å². The fourth-order valence-corrected chi connectivity index (χ4v) is 2.15. The van der Waals surface area contributed by atoms with Crippen molar-refractivity contribution < 1.29 is 8.91 Å². The van der Waals surface area contributed by atoms with Gasteiger partial charge in [0.15, 0.2) is 5.65 Å². The number of pyridine rings is 1. The maximum atomic E-state index is 12.9. The Bertz CT molecular complexity index is 1020. The Morgan fingerprint density at radius 1 is 1.18 bits per heavy atom. The second kappa shape index (κ2) is 4.62. The molecule has 0 saturated carbocycles. The Kier molecular flexibility index (Phi) is 2.62. The number of fused-ring (bicyclic) bond motifs is 1. The first-order valence-electron chi connectivity index (χ1n) is 6.38. The first-order valence-corrected chi connectivity index (χ1v) is 6.38. The highest BCUT2D eigenvalue weighted by atomic mass is 19.1. The van der Waals surface area contributed by atoms with Crippen LogP contribution in [0.25, 0.3) is 28.5 Å². The zero-order chi connectivity index (χ0) is 15.1. The van der Waals surface area contributed by atoms with E-state index in [1.807, 2.05) is 0 Å². The van der Waals surface area contributed by atoms with Gasteiger partial charge >= 0.3 is 5.69 Å². The number of nitrogens with zero attached hydrogens (tertiary/aromatic N) is 4. The predicted molar refractivity (Wildman–Crippen MR) is 74.5 cm³/mol. The molecular formula is C14H8FN5O2. The van der Waals surface area contributed by atoms with Crippen LogP contribution in [0.15, 0.2) is 51.9 Å². The van der Waals surface area contributed by atoms with Crippen molar-refractivity contribution in [1.82, 2.24) is 24.7 Å². The largest absolute Gasteiger partial charge is 0.347 e. The molecule has 108 valence electrons. The normalized spacial score (nSPS) is 11.1. The summed E-state index contributed by atoms with van der Waals surface area (Å²) < 4.78 is 19.5. The summed E-state index contributed by atoms with van der Waals surface area (Å²) >= 11 is 0. The van der Waals surface area contributed by atoms with Crippen LogP contribution in [0.5, 0.6) is 0 Å². The van der Waals surface area contributed by atoms with Crippen LogP contribution in [0.3, 0.4) is 0 Å². The molecule has 0 aliphatic carbocycles. The number of nitrogens with one attached hydrogen (secondary N) is 1. The molecule has 3 heterocycles. The van der Waals surface area contributed by atoms with Crippen LogP contribution in [0.1, 0.15) is 0 Å². The molecule has 1 aromatic carbocycles. The van der Waals surface area contributed by atoms with Crippen LogP contribution >= 0.6 is 0 Å². The molecule has 0 atom stereocenters. The number of rotatable bonds is 2. The lowest BCUT2D eigenvalue weighted by Gasteiger charge is -1.95. The van der Waals surface area contributed by atoms with Crippen molar-refractivity contribution in [2.24, 2.45) is 0 Å². The number of hydrogen-bond acceptors (Lipinski definition) is 5. The average molecular weight is 297 g/mol. The van der Waals surface area contributed by atoms with E-state index >= 15 is 0 Å². The highest BCUT2D eigenvalue weighted by molar-refractivity contribution is 5.72. The zero-order valence-corrected chi connectivity index (χ0v) is 11.0. The van der Waals surface area contributed by atoms with Gasteiger partial charge in [0.2, 0.25) is 5.82 Å². The van der Waals surface area contributed by atoms with Crippen molar-refractivity contribution in [3.63, 3.8) is 0 Å². The summed E-state index contributed by atoms with van der Waals surface area (Å²) in [5.74, 6) is 0.215. The highest BCUT2D eigenvalue weighted by Gasteiger charge is 2.15. The summed E-state index contributed by atoms with van der Waals surface area (Å²) in [4.78, 5) is 15.8. The third kappa shape index (κ3) is 1.89. The fourth-order valence-electron chi connectivity index (χ4n) is 2.15. The quantitative estimate of drug-likeness (QED) is 0.610. The van der Waals surface area contributed by atoms with Gasteiger partial charge in [-0.1, -0.05) is 5.16 Å². The number of benzene rings is 1. The third-order valence-electron chi connectivity index (χ3n) is 3.20. The third-order valence-corrected chi connectivity index (χ3v) is 3.20. The Morgan fingerprint density at radius 2 is 2.00 bits per heavy atom. The van der Waals surface area contributed by atoms with Gasteiger partial charge < -0.3 is 4.52 Å². The molecule has 3 aromatic heterocycles. The lowest BCUT2D eigenvalue weighted by atomic mass is 10.2. The van der Waals surface area contributed by atoms with E-state index in [9.17, 15) is 9.18 Å². The summed E-state index contributed by atoms with van der Waals surface area (Å²) in [5.41, 5.74) is 1.20. The second-order valence-electron chi connectivity index (χ2n) is 4.57. The van der Waals surface area contributed by atoms with Crippen molar-refractivity contribution in [1.29, 1.82) is 0 Å². The van der Waals surface area contributed by atoms with Crippen LogP contribution < -0.4 is 5.69 Å². The van der Waals surface area contributed by atoms with Crippen LogP contribution in [0, 0.1) is 5.82 Å². The summed E-state index contributed by atoms with van der Waals surface area (Å²) in [5, 5.41) is 10.2. The van der Waals surface area contributed by atoms with Gasteiger partial charge in [-0.25, -0.2) is 18.7 Å². The average Bonchev–Trinajstić information content (AvgIpc) is 3.16. The molecule has 1 N–H and O–H groups in total. The maximum absolute atomic E-state index is 12.9. The van der Waals surface area contributed by atoms with Gasteiger partial charge in [0.25, 0.3) is 5.89 Å². The van der Waals surface area contributed by atoms with Crippen molar-refractivity contribution >= 4 is 5.65 Å². The van der Waals surface area contributed by atoms with Gasteiger partial charge in [-0.3, -0.25) is 0 Å². The minimum atomic E-state index is -0.352. The number of hydrogen-bond donors (Lipinski definition) is 1. The smallest absolute Gasteiger partial charge is 0.333 e. The van der Waals surface area contributed by atoms with Gasteiger partial charge in [0, 0.05) is 11.8 Å². The first kappa shape index (κ1) is 12.5. The lowest BCUT2D eigenvalue weighted by Crippen LogP contribution is -2.08. The van der Waals surface area contributed by atoms with Crippen LogP contribution in [-0.4, -0.2) is 24.7 Å². The summed E-state index contributed by atoms with van der Waals surface area (Å²) in [7, 11) is 0. The van der Waals surface area contributed by atoms with Gasteiger partial charge in [-0.2, -0.15) is 10.1 Å². The number of aromatic nitrogens is 5. The minimum Gasteiger partial charge on any atom is -0.333 e. The maximum Gasteiger partial charge on any atom is 0.347 e. The highest BCUT2D eigenvalue weighted by Crippen LogP contribution is 2.24. The number of aromatic amines is 1. The zero-order valence-electron chi connectivity index (χ0n) is 11.0. The van der Waals surface area contributed by atoms with Crippen molar-refractivity contribution in [3.8, 4) is 22.8 Å². The van der Waals surface area contributed by atoms with Crippen molar-refractivity contribution in [3.05, 3.63) is 58.9 Å². The van der Waals surface area contributed by atoms with E-state index in [1.54, 1.807) is 30.5 Å². The topological polar surface area (TPSA) is 89.1 Å². The summed E-state index contributed by atoms with van der Waals surface area (Å²) in [6.07, 6.45) is 1.59. The molecule has 0 radical (unpaired) electrons. The van der Waals surface area contributed by atoms with E-state index in [4.69, 9.17) is 4.52 Å². The van der Waals surface area contributed by atoms with E-state index in [0.29, 0.717) is 22.6 Å². The SMILES string of the molecule is O=c1[nH]nc2c(-c3nc(-c4ccc(F)cc4)no3)cccn12. The molecule has 4 rings (SSSR count). The molecular weight excluding hydrogens is 289 g/mol. The van der Waals surface area contributed by atoms with Crippen LogP contribution in [-0.2, 0) is 0 Å². The Labute approximate surface area is 122 Å². The Balaban J connectivity index is 1.83. The molecule has 0 saturated heterocycles. The monoisotopic (exact) mass is 297 g/mol.